The molecule has 0 aliphatic rings. The number of nitrogens with one attached hydrogen (secondary N) is 2. The Balaban J connectivity index is 1.86. The molecule has 162 valence electrons. The Labute approximate surface area is 183 Å². The Bertz CT molecular complexity index is 1180. The van der Waals surface area contributed by atoms with Crippen molar-refractivity contribution in [2.24, 2.45) is 0 Å². The van der Waals surface area contributed by atoms with Crippen LogP contribution in [0.5, 0.6) is 0 Å². The second kappa shape index (κ2) is 9.70. The Morgan fingerprint density at radius 2 is 1.77 bits per heavy atom. The zero-order valence-electron chi connectivity index (χ0n) is 17.8. The first-order chi connectivity index (χ1) is 14.8. The smallest absolute Gasteiger partial charge is 0.261 e. The zero-order chi connectivity index (χ0) is 22.4. The molecule has 0 spiro atoms. The number of unbranched alkanes of at least 4 members (excludes halogenated alkanes) is 1. The number of hydrogen-bond acceptors (Lipinski definition) is 5. The van der Waals surface area contributed by atoms with E-state index in [2.05, 4.69) is 26.9 Å². The highest BCUT2D eigenvalue weighted by Gasteiger charge is 2.16. The van der Waals surface area contributed by atoms with Crippen molar-refractivity contribution >= 4 is 27.4 Å². The van der Waals surface area contributed by atoms with Crippen molar-refractivity contribution in [1.29, 1.82) is 0 Å². The van der Waals surface area contributed by atoms with Crippen LogP contribution in [0.3, 0.4) is 0 Å². The molecule has 2 aromatic heterocycles. The highest BCUT2D eigenvalue weighted by atomic mass is 32.2. The molecule has 8 heteroatoms. The number of sulfonamides is 1. The van der Waals surface area contributed by atoms with E-state index in [0.717, 1.165) is 30.4 Å². The Kier molecular flexibility index (Phi) is 7.02. The van der Waals surface area contributed by atoms with E-state index in [0.29, 0.717) is 22.8 Å². The summed E-state index contributed by atoms with van der Waals surface area (Å²) in [6.45, 7) is 5.27. The summed E-state index contributed by atoms with van der Waals surface area (Å²) in [5.41, 5.74) is 3.53. The molecule has 3 rings (SSSR count). The minimum atomic E-state index is -3.76. The van der Waals surface area contributed by atoms with Crippen molar-refractivity contribution in [1.82, 2.24) is 9.97 Å². The lowest BCUT2D eigenvalue weighted by molar-refractivity contribution is -0.114. The molecule has 1 amide bonds. The second-order valence-electron chi connectivity index (χ2n) is 7.32. The van der Waals surface area contributed by atoms with E-state index in [1.165, 1.54) is 6.92 Å². The summed E-state index contributed by atoms with van der Waals surface area (Å²) in [4.78, 5) is 19.9. The fourth-order valence-corrected chi connectivity index (χ4v) is 4.18. The van der Waals surface area contributed by atoms with Crippen LogP contribution in [0.1, 0.15) is 37.9 Å². The molecule has 0 bridgehead atoms. The van der Waals surface area contributed by atoms with Gasteiger partial charge in [0.15, 0.2) is 0 Å². The number of aryl methyl sites for hydroxylation is 2. The maximum Gasteiger partial charge on any atom is 0.261 e. The van der Waals surface area contributed by atoms with Crippen LogP contribution in [0.25, 0.3) is 11.1 Å². The van der Waals surface area contributed by atoms with Gasteiger partial charge in [0.2, 0.25) is 5.91 Å². The number of amides is 1. The van der Waals surface area contributed by atoms with Crippen LogP contribution in [-0.4, -0.2) is 24.3 Å². The number of hydrogen-bond donors (Lipinski definition) is 2. The Hall–Kier alpha value is -3.26. The van der Waals surface area contributed by atoms with E-state index in [9.17, 15) is 13.2 Å². The van der Waals surface area contributed by atoms with Crippen LogP contribution in [0, 0.1) is 6.92 Å². The molecular weight excluding hydrogens is 412 g/mol. The summed E-state index contributed by atoms with van der Waals surface area (Å²) in [5.74, 6) is 0.191. The molecule has 3 aromatic rings. The molecule has 0 unspecified atom stereocenters. The first-order valence-corrected chi connectivity index (χ1v) is 11.6. The fraction of sp³-hybridized carbons (Fsp3) is 0.261. The van der Waals surface area contributed by atoms with Crippen LogP contribution in [-0.2, 0) is 21.2 Å². The van der Waals surface area contributed by atoms with Gasteiger partial charge < -0.3 is 5.32 Å². The van der Waals surface area contributed by atoms with Crippen LogP contribution in [0.15, 0.2) is 59.8 Å². The molecule has 2 N–H and O–H groups in total. The molecular formula is C23H26N4O3S. The van der Waals surface area contributed by atoms with Crippen LogP contribution < -0.4 is 10.0 Å². The third-order valence-electron chi connectivity index (χ3n) is 4.78. The fourth-order valence-electron chi connectivity index (χ4n) is 3.07. The number of aromatic nitrogens is 2. The molecule has 0 aliphatic carbocycles. The number of rotatable bonds is 8. The molecule has 0 radical (unpaired) electrons. The SMILES string of the molecule is CCCCc1ccc(S(=O)(=O)Nc2cc(-c3ccnc(NC(C)=O)c3)cnc2C)cc1. The highest BCUT2D eigenvalue weighted by molar-refractivity contribution is 7.92. The molecule has 2 heterocycles. The molecule has 31 heavy (non-hydrogen) atoms. The van der Waals surface area contributed by atoms with Crippen LogP contribution >= 0.6 is 0 Å². The van der Waals surface area contributed by atoms with Gasteiger partial charge in [0, 0.05) is 24.9 Å². The molecule has 0 aliphatic heterocycles. The minimum absolute atomic E-state index is 0.203. The topological polar surface area (TPSA) is 101 Å². The first-order valence-electron chi connectivity index (χ1n) is 10.1. The van der Waals surface area contributed by atoms with Crippen LogP contribution in [0.2, 0.25) is 0 Å². The molecule has 0 fully saturated rings. The minimum Gasteiger partial charge on any atom is -0.311 e. The quantitative estimate of drug-likeness (QED) is 0.537. The van der Waals surface area contributed by atoms with Gasteiger partial charge in [-0.05, 0) is 61.2 Å². The van der Waals surface area contributed by atoms with Gasteiger partial charge in [-0.2, -0.15) is 0 Å². The van der Waals surface area contributed by atoms with Crippen LogP contribution in [0.4, 0.5) is 11.5 Å². The van der Waals surface area contributed by atoms with E-state index in [-0.39, 0.29) is 10.8 Å². The van der Waals surface area contributed by atoms with Gasteiger partial charge in [-0.25, -0.2) is 13.4 Å². The van der Waals surface area contributed by atoms with Gasteiger partial charge in [0.25, 0.3) is 10.0 Å². The number of pyridine rings is 2. The molecule has 0 saturated carbocycles. The maximum absolute atomic E-state index is 12.9. The number of nitrogens with zero attached hydrogens (tertiary/aromatic N) is 2. The number of benzene rings is 1. The van der Waals surface area contributed by atoms with Gasteiger partial charge >= 0.3 is 0 Å². The lowest BCUT2D eigenvalue weighted by Gasteiger charge is -2.13. The predicted octanol–water partition coefficient (Wildman–Crippen LogP) is 4.55. The van der Waals surface area contributed by atoms with Gasteiger partial charge in [0.05, 0.1) is 16.3 Å². The van der Waals surface area contributed by atoms with Gasteiger partial charge in [-0.15, -0.1) is 0 Å². The Morgan fingerprint density at radius 3 is 2.45 bits per heavy atom. The van der Waals surface area contributed by atoms with Gasteiger partial charge in [-0.1, -0.05) is 25.5 Å². The summed E-state index contributed by atoms with van der Waals surface area (Å²) in [5, 5.41) is 2.64. The molecule has 0 atom stereocenters. The van der Waals surface area contributed by atoms with Crippen molar-refractivity contribution < 1.29 is 13.2 Å². The maximum atomic E-state index is 12.9. The van der Waals surface area contributed by atoms with E-state index >= 15 is 0 Å². The van der Waals surface area contributed by atoms with Gasteiger partial charge in [-0.3, -0.25) is 14.5 Å². The van der Waals surface area contributed by atoms with Crippen molar-refractivity contribution in [3.8, 4) is 11.1 Å². The summed E-state index contributed by atoms with van der Waals surface area (Å²) in [7, 11) is -3.76. The first kappa shape index (κ1) is 22.4. The lowest BCUT2D eigenvalue weighted by Crippen LogP contribution is -2.14. The number of anilines is 2. The molecule has 7 nitrogen and oxygen atoms in total. The number of carbonyl (C=O) groups excluding carboxylic acids is 1. The third kappa shape index (κ3) is 5.88. The van der Waals surface area contributed by atoms with E-state index in [4.69, 9.17) is 0 Å². The lowest BCUT2D eigenvalue weighted by atomic mass is 10.1. The second-order valence-corrected chi connectivity index (χ2v) is 9.00. The normalized spacial score (nSPS) is 11.2. The van der Waals surface area contributed by atoms with E-state index in [1.807, 2.05) is 12.1 Å². The summed E-state index contributed by atoms with van der Waals surface area (Å²) < 4.78 is 28.5. The highest BCUT2D eigenvalue weighted by Crippen LogP contribution is 2.27. The molecule has 0 saturated heterocycles. The molecule has 1 aromatic carbocycles. The van der Waals surface area contributed by atoms with Gasteiger partial charge in [0.1, 0.15) is 5.82 Å². The monoisotopic (exact) mass is 438 g/mol. The standard InChI is InChI=1S/C23H26N4O3S/c1-4-5-6-18-7-9-21(10-8-18)31(29,30)27-22-13-20(15-25-16(22)2)19-11-12-24-23(14-19)26-17(3)28/h7-15,27H,4-6H2,1-3H3,(H,24,26,28). The largest absolute Gasteiger partial charge is 0.311 e. The van der Waals surface area contributed by atoms with E-state index < -0.39 is 10.0 Å². The van der Waals surface area contributed by atoms with Crippen molar-refractivity contribution in [2.45, 2.75) is 44.9 Å². The van der Waals surface area contributed by atoms with E-state index in [1.54, 1.807) is 49.6 Å². The third-order valence-corrected chi connectivity index (χ3v) is 6.16. The zero-order valence-corrected chi connectivity index (χ0v) is 18.7. The summed E-state index contributed by atoms with van der Waals surface area (Å²) in [6.07, 6.45) is 6.32. The number of carbonyl (C=O) groups is 1. The summed E-state index contributed by atoms with van der Waals surface area (Å²) in [6, 6.07) is 12.2. The Morgan fingerprint density at radius 1 is 1.03 bits per heavy atom. The van der Waals surface area contributed by atoms with Crippen molar-refractivity contribution in [2.75, 3.05) is 10.0 Å². The average molecular weight is 439 g/mol. The van der Waals surface area contributed by atoms with Crippen molar-refractivity contribution in [3.05, 3.63) is 66.1 Å². The predicted molar refractivity (Wildman–Crippen MR) is 122 cm³/mol. The summed E-state index contributed by atoms with van der Waals surface area (Å²) >= 11 is 0. The van der Waals surface area contributed by atoms with Crippen molar-refractivity contribution in [3.63, 3.8) is 0 Å². The average Bonchev–Trinajstić information content (AvgIpc) is 2.73.